The fourth-order valence-electron chi connectivity index (χ4n) is 1.67. The molecule has 1 aromatic rings. The topological polar surface area (TPSA) is 24.9 Å². The second-order valence-electron chi connectivity index (χ2n) is 4.47. The van der Waals surface area contributed by atoms with Crippen LogP contribution in [0, 0.1) is 0 Å². The first-order valence-corrected chi connectivity index (χ1v) is 6.23. The van der Waals surface area contributed by atoms with E-state index in [9.17, 15) is 13.2 Å². The molecule has 102 valence electrons. The summed E-state index contributed by atoms with van der Waals surface area (Å²) in [6, 6.07) is 2.65. The van der Waals surface area contributed by atoms with E-state index in [1.165, 1.54) is 12.5 Å². The molecule has 2 nitrogen and oxygen atoms in total. The molecule has 0 saturated carbocycles. The SMILES string of the molecule is CCCCCC(C)Nc1ccc(C(F)(F)F)cn1. The Kier molecular flexibility index (Phi) is 5.44. The van der Waals surface area contributed by atoms with E-state index < -0.39 is 11.7 Å². The zero-order valence-electron chi connectivity index (χ0n) is 10.7. The number of pyridine rings is 1. The molecule has 1 unspecified atom stereocenters. The van der Waals surface area contributed by atoms with Gasteiger partial charge in [-0.1, -0.05) is 26.2 Å². The van der Waals surface area contributed by atoms with Gasteiger partial charge in [0.05, 0.1) is 5.56 Å². The summed E-state index contributed by atoms with van der Waals surface area (Å²) in [6.07, 6.45) is 0.985. The summed E-state index contributed by atoms with van der Waals surface area (Å²) in [4.78, 5) is 3.78. The van der Waals surface area contributed by atoms with Crippen LogP contribution < -0.4 is 5.32 Å². The lowest BCUT2D eigenvalue weighted by atomic mass is 10.1. The van der Waals surface area contributed by atoms with Crippen molar-refractivity contribution < 1.29 is 13.2 Å². The van der Waals surface area contributed by atoms with Gasteiger partial charge in [0.1, 0.15) is 5.82 Å². The van der Waals surface area contributed by atoms with Crippen LogP contribution in [0.5, 0.6) is 0 Å². The maximum absolute atomic E-state index is 12.3. The molecule has 0 radical (unpaired) electrons. The first-order valence-electron chi connectivity index (χ1n) is 6.23. The quantitative estimate of drug-likeness (QED) is 0.763. The molecule has 18 heavy (non-hydrogen) atoms. The number of hydrogen-bond donors (Lipinski definition) is 1. The Bertz CT molecular complexity index is 346. The van der Waals surface area contributed by atoms with E-state index in [2.05, 4.69) is 17.2 Å². The van der Waals surface area contributed by atoms with Gasteiger partial charge in [-0.25, -0.2) is 4.98 Å². The Balaban J connectivity index is 2.48. The molecule has 0 aromatic carbocycles. The first kappa shape index (κ1) is 14.8. The lowest BCUT2D eigenvalue weighted by molar-refractivity contribution is -0.137. The van der Waals surface area contributed by atoms with Crippen molar-refractivity contribution in [3.05, 3.63) is 23.9 Å². The van der Waals surface area contributed by atoms with Crippen molar-refractivity contribution >= 4 is 5.82 Å². The number of nitrogens with one attached hydrogen (secondary N) is 1. The van der Waals surface area contributed by atoms with E-state index in [0.29, 0.717) is 5.82 Å². The molecule has 0 amide bonds. The van der Waals surface area contributed by atoms with Crippen molar-refractivity contribution in [1.82, 2.24) is 4.98 Å². The highest BCUT2D eigenvalue weighted by molar-refractivity contribution is 5.36. The van der Waals surface area contributed by atoms with Crippen molar-refractivity contribution in [1.29, 1.82) is 0 Å². The molecule has 0 aliphatic rings. The molecule has 1 aromatic heterocycles. The molecule has 0 bridgehead atoms. The van der Waals surface area contributed by atoms with Crippen LogP contribution >= 0.6 is 0 Å². The lowest BCUT2D eigenvalue weighted by Crippen LogP contribution is -2.16. The summed E-state index contributed by atoms with van der Waals surface area (Å²) in [5.41, 5.74) is -0.716. The van der Waals surface area contributed by atoms with E-state index in [1.807, 2.05) is 6.92 Å². The number of anilines is 1. The highest BCUT2D eigenvalue weighted by atomic mass is 19.4. The third-order valence-corrected chi connectivity index (χ3v) is 2.73. The van der Waals surface area contributed by atoms with E-state index in [1.54, 1.807) is 0 Å². The smallest absolute Gasteiger partial charge is 0.368 e. The number of unbranched alkanes of at least 4 members (excludes halogenated alkanes) is 2. The van der Waals surface area contributed by atoms with Crippen LogP contribution in [0.1, 0.15) is 45.1 Å². The largest absolute Gasteiger partial charge is 0.417 e. The molecule has 0 spiro atoms. The third-order valence-electron chi connectivity index (χ3n) is 2.73. The molecule has 5 heteroatoms. The summed E-state index contributed by atoms with van der Waals surface area (Å²) >= 11 is 0. The Labute approximate surface area is 106 Å². The van der Waals surface area contributed by atoms with Crippen LogP contribution in [-0.4, -0.2) is 11.0 Å². The summed E-state index contributed by atoms with van der Waals surface area (Å²) < 4.78 is 37.0. The number of alkyl halides is 3. The van der Waals surface area contributed by atoms with Crippen LogP contribution in [0.3, 0.4) is 0 Å². The Morgan fingerprint density at radius 1 is 1.28 bits per heavy atom. The van der Waals surface area contributed by atoms with Gasteiger partial charge < -0.3 is 5.32 Å². The van der Waals surface area contributed by atoms with Gasteiger partial charge in [0, 0.05) is 12.2 Å². The van der Waals surface area contributed by atoms with Gasteiger partial charge in [-0.05, 0) is 25.5 Å². The summed E-state index contributed by atoms with van der Waals surface area (Å²) in [6.45, 7) is 4.14. The molecular weight excluding hydrogens is 241 g/mol. The summed E-state index contributed by atoms with van der Waals surface area (Å²) in [5.74, 6) is 0.493. The Morgan fingerprint density at radius 3 is 2.50 bits per heavy atom. The van der Waals surface area contributed by atoms with Crippen LogP contribution in [0.25, 0.3) is 0 Å². The van der Waals surface area contributed by atoms with Gasteiger partial charge in [-0.15, -0.1) is 0 Å². The van der Waals surface area contributed by atoms with Crippen LogP contribution in [0.15, 0.2) is 18.3 Å². The standard InChI is InChI=1S/C13H19F3N2/c1-3-4-5-6-10(2)18-12-8-7-11(9-17-12)13(14,15)16/h7-10H,3-6H2,1-2H3,(H,17,18). The minimum absolute atomic E-state index is 0.223. The minimum Gasteiger partial charge on any atom is -0.368 e. The molecule has 1 atom stereocenters. The van der Waals surface area contributed by atoms with Gasteiger partial charge in [0.2, 0.25) is 0 Å². The molecule has 1 rings (SSSR count). The summed E-state index contributed by atoms with van der Waals surface area (Å²) in [5, 5.41) is 3.10. The zero-order valence-corrected chi connectivity index (χ0v) is 10.7. The van der Waals surface area contributed by atoms with Gasteiger partial charge in [-0.2, -0.15) is 13.2 Å². The molecule has 0 aliphatic carbocycles. The zero-order chi connectivity index (χ0) is 13.6. The number of hydrogen-bond acceptors (Lipinski definition) is 2. The molecule has 0 fully saturated rings. The van der Waals surface area contributed by atoms with Crippen LogP contribution in [0.2, 0.25) is 0 Å². The van der Waals surface area contributed by atoms with E-state index in [4.69, 9.17) is 0 Å². The average Bonchev–Trinajstić information content (AvgIpc) is 2.29. The minimum atomic E-state index is -4.32. The second-order valence-corrected chi connectivity index (χ2v) is 4.47. The van der Waals surface area contributed by atoms with Gasteiger partial charge in [0.25, 0.3) is 0 Å². The lowest BCUT2D eigenvalue weighted by Gasteiger charge is -2.14. The van der Waals surface area contributed by atoms with Crippen molar-refractivity contribution in [2.75, 3.05) is 5.32 Å². The average molecular weight is 260 g/mol. The maximum atomic E-state index is 12.3. The molecule has 1 N–H and O–H groups in total. The van der Waals surface area contributed by atoms with Gasteiger partial charge in [-0.3, -0.25) is 0 Å². The fraction of sp³-hybridized carbons (Fsp3) is 0.615. The molecule has 0 saturated heterocycles. The predicted molar refractivity (Wildman–Crippen MR) is 66.5 cm³/mol. The number of halogens is 3. The molecular formula is C13H19F3N2. The van der Waals surface area contributed by atoms with E-state index >= 15 is 0 Å². The first-order chi connectivity index (χ1) is 8.43. The number of nitrogens with zero attached hydrogens (tertiary/aromatic N) is 1. The second kappa shape index (κ2) is 6.61. The van der Waals surface area contributed by atoms with Crippen molar-refractivity contribution in [2.24, 2.45) is 0 Å². The number of aromatic nitrogens is 1. The predicted octanol–water partition coefficient (Wildman–Crippen LogP) is 4.48. The van der Waals surface area contributed by atoms with Crippen LogP contribution in [0.4, 0.5) is 19.0 Å². The normalized spacial score (nSPS) is 13.4. The highest BCUT2D eigenvalue weighted by Gasteiger charge is 2.30. The fourth-order valence-corrected chi connectivity index (χ4v) is 1.67. The van der Waals surface area contributed by atoms with Gasteiger partial charge in [0.15, 0.2) is 0 Å². The van der Waals surface area contributed by atoms with Crippen LogP contribution in [-0.2, 0) is 6.18 Å². The van der Waals surface area contributed by atoms with Gasteiger partial charge >= 0.3 is 6.18 Å². The van der Waals surface area contributed by atoms with E-state index in [0.717, 1.165) is 31.5 Å². The highest BCUT2D eigenvalue weighted by Crippen LogP contribution is 2.28. The maximum Gasteiger partial charge on any atom is 0.417 e. The van der Waals surface area contributed by atoms with Crippen molar-refractivity contribution in [3.63, 3.8) is 0 Å². The molecule has 1 heterocycles. The monoisotopic (exact) mass is 260 g/mol. The van der Waals surface area contributed by atoms with E-state index in [-0.39, 0.29) is 6.04 Å². The Morgan fingerprint density at radius 2 is 2.00 bits per heavy atom. The number of rotatable bonds is 6. The van der Waals surface area contributed by atoms with Crippen molar-refractivity contribution in [2.45, 2.75) is 51.7 Å². The third kappa shape index (κ3) is 4.94. The summed E-state index contributed by atoms with van der Waals surface area (Å²) in [7, 11) is 0. The molecule has 0 aliphatic heterocycles. The Hall–Kier alpha value is -1.26. The van der Waals surface area contributed by atoms with Crippen molar-refractivity contribution in [3.8, 4) is 0 Å².